The first kappa shape index (κ1) is 16.8. The molecule has 0 N–H and O–H groups in total. The Hall–Kier alpha value is -0.530. The number of hydrogen-bond donors (Lipinski definition) is 0. The van der Waals surface area contributed by atoms with Crippen LogP contribution in [0.1, 0.15) is 38.5 Å². The van der Waals surface area contributed by atoms with Crippen LogP contribution in [0.4, 0.5) is 8.78 Å². The van der Waals surface area contributed by atoms with Gasteiger partial charge in [0.15, 0.2) is 0 Å². The molecule has 118 valence electrons. The summed E-state index contributed by atoms with van der Waals surface area (Å²) in [5.41, 5.74) is 0. The molecule has 3 nitrogen and oxygen atoms in total. The molecule has 21 heavy (non-hydrogen) atoms. The van der Waals surface area contributed by atoms with Crippen LogP contribution in [0, 0.1) is 11.6 Å². The van der Waals surface area contributed by atoms with E-state index in [-0.39, 0.29) is 10.5 Å². The van der Waals surface area contributed by atoms with Crippen LogP contribution < -0.4 is 0 Å². The van der Waals surface area contributed by atoms with Crippen LogP contribution in [0.15, 0.2) is 21.5 Å². The van der Waals surface area contributed by atoms with Crippen molar-refractivity contribution in [2.24, 2.45) is 0 Å². The third-order valence-electron chi connectivity index (χ3n) is 3.94. The summed E-state index contributed by atoms with van der Waals surface area (Å²) >= 11 is 2.96. The van der Waals surface area contributed by atoms with Crippen molar-refractivity contribution < 1.29 is 17.2 Å². The van der Waals surface area contributed by atoms with Gasteiger partial charge < -0.3 is 0 Å². The normalized spacial score (nSPS) is 18.0. The summed E-state index contributed by atoms with van der Waals surface area (Å²) in [7, 11) is -2.52. The van der Waals surface area contributed by atoms with Gasteiger partial charge in [0.05, 0.1) is 0 Å². The lowest BCUT2D eigenvalue weighted by molar-refractivity contribution is 0.334. The maximum atomic E-state index is 13.9. The van der Waals surface area contributed by atoms with E-state index in [4.69, 9.17) is 0 Å². The topological polar surface area (TPSA) is 37.4 Å². The molecule has 2 rings (SSSR count). The zero-order chi connectivity index (χ0) is 15.6. The highest BCUT2D eigenvalue weighted by atomic mass is 79.9. The Morgan fingerprint density at radius 3 is 2.24 bits per heavy atom. The second-order valence-corrected chi connectivity index (χ2v) is 8.15. The van der Waals surface area contributed by atoms with E-state index in [2.05, 4.69) is 15.9 Å². The molecular weight excluding hydrogens is 364 g/mol. The standard InChI is InChI=1S/C14H18BrF2NO2S/c1-18(11-6-4-2-3-5-7-11)21(19,20)14-12(15)8-10(16)9-13(14)17/h8-9,11H,2-7H2,1H3. The number of nitrogens with zero attached hydrogens (tertiary/aromatic N) is 1. The lowest BCUT2D eigenvalue weighted by atomic mass is 10.1. The first-order valence-electron chi connectivity index (χ1n) is 6.96. The van der Waals surface area contributed by atoms with Crippen molar-refractivity contribution in [3.63, 3.8) is 0 Å². The summed E-state index contributed by atoms with van der Waals surface area (Å²) < 4.78 is 53.5. The lowest BCUT2D eigenvalue weighted by Gasteiger charge is -2.27. The predicted molar refractivity (Wildman–Crippen MR) is 80.5 cm³/mol. The van der Waals surface area contributed by atoms with Gasteiger partial charge in [-0.1, -0.05) is 25.7 Å². The Kier molecular flexibility index (Phi) is 5.38. The number of sulfonamides is 1. The third kappa shape index (κ3) is 3.63. The summed E-state index contributed by atoms with van der Waals surface area (Å²) in [6.45, 7) is 0. The van der Waals surface area contributed by atoms with E-state index in [1.807, 2.05) is 0 Å². The zero-order valence-corrected chi connectivity index (χ0v) is 14.2. The summed E-state index contributed by atoms with van der Waals surface area (Å²) in [6, 6.07) is 1.43. The van der Waals surface area contributed by atoms with E-state index in [1.54, 1.807) is 0 Å². The number of hydrogen-bond acceptors (Lipinski definition) is 2. The van der Waals surface area contributed by atoms with E-state index in [0.717, 1.165) is 44.6 Å². The Morgan fingerprint density at radius 1 is 1.14 bits per heavy atom. The molecular formula is C14H18BrF2NO2S. The van der Waals surface area contributed by atoms with Gasteiger partial charge in [0.2, 0.25) is 10.0 Å². The van der Waals surface area contributed by atoms with Gasteiger partial charge in [-0.05, 0) is 34.8 Å². The van der Waals surface area contributed by atoms with E-state index in [0.29, 0.717) is 6.07 Å². The first-order chi connectivity index (χ1) is 9.84. The van der Waals surface area contributed by atoms with E-state index < -0.39 is 26.6 Å². The molecule has 0 bridgehead atoms. The van der Waals surface area contributed by atoms with Crippen molar-refractivity contribution in [2.75, 3.05) is 7.05 Å². The second kappa shape index (κ2) is 6.71. The highest BCUT2D eigenvalue weighted by Crippen LogP contribution is 2.31. The molecule has 1 aliphatic rings. The Labute approximate surface area is 132 Å². The SMILES string of the molecule is CN(C1CCCCCC1)S(=O)(=O)c1c(F)cc(F)cc1Br. The van der Waals surface area contributed by atoms with Crippen LogP contribution in [-0.4, -0.2) is 25.8 Å². The zero-order valence-electron chi connectivity index (χ0n) is 11.8. The van der Waals surface area contributed by atoms with Gasteiger partial charge in [-0.2, -0.15) is 4.31 Å². The van der Waals surface area contributed by atoms with Crippen molar-refractivity contribution in [3.05, 3.63) is 28.2 Å². The molecule has 1 fully saturated rings. The molecule has 0 amide bonds. The molecule has 0 radical (unpaired) electrons. The maximum Gasteiger partial charge on any atom is 0.247 e. The van der Waals surface area contributed by atoms with Crippen molar-refractivity contribution >= 4 is 26.0 Å². The van der Waals surface area contributed by atoms with Gasteiger partial charge in [0, 0.05) is 23.6 Å². The fourth-order valence-corrected chi connectivity index (χ4v) is 5.26. The summed E-state index contributed by atoms with van der Waals surface area (Å²) in [5.74, 6) is -1.88. The highest BCUT2D eigenvalue weighted by molar-refractivity contribution is 9.10. The van der Waals surface area contributed by atoms with Crippen LogP contribution in [0.2, 0.25) is 0 Å². The molecule has 0 atom stereocenters. The fraction of sp³-hybridized carbons (Fsp3) is 0.571. The third-order valence-corrected chi connectivity index (χ3v) is 6.81. The van der Waals surface area contributed by atoms with Gasteiger partial charge in [-0.25, -0.2) is 17.2 Å². The molecule has 1 aromatic carbocycles. The minimum atomic E-state index is -3.99. The fourth-order valence-electron chi connectivity index (χ4n) is 2.74. The summed E-state index contributed by atoms with van der Waals surface area (Å²) in [6.07, 6.45) is 5.68. The monoisotopic (exact) mass is 381 g/mol. The minimum Gasteiger partial charge on any atom is -0.207 e. The van der Waals surface area contributed by atoms with E-state index in [9.17, 15) is 17.2 Å². The van der Waals surface area contributed by atoms with Crippen LogP contribution >= 0.6 is 15.9 Å². The van der Waals surface area contributed by atoms with Gasteiger partial charge in [-0.3, -0.25) is 0 Å². The van der Waals surface area contributed by atoms with Crippen molar-refractivity contribution in [3.8, 4) is 0 Å². The molecule has 7 heteroatoms. The van der Waals surface area contributed by atoms with E-state index in [1.165, 1.54) is 11.4 Å². The molecule has 1 saturated carbocycles. The minimum absolute atomic E-state index is 0.0829. The average Bonchev–Trinajstić information content (AvgIpc) is 2.64. The molecule has 1 aliphatic carbocycles. The van der Waals surface area contributed by atoms with Gasteiger partial charge >= 0.3 is 0 Å². The van der Waals surface area contributed by atoms with Crippen LogP contribution in [-0.2, 0) is 10.0 Å². The van der Waals surface area contributed by atoms with Crippen molar-refractivity contribution in [1.82, 2.24) is 4.31 Å². The largest absolute Gasteiger partial charge is 0.247 e. The smallest absolute Gasteiger partial charge is 0.207 e. The van der Waals surface area contributed by atoms with Crippen LogP contribution in [0.3, 0.4) is 0 Å². The van der Waals surface area contributed by atoms with Crippen molar-refractivity contribution in [2.45, 2.75) is 49.5 Å². The van der Waals surface area contributed by atoms with Gasteiger partial charge in [-0.15, -0.1) is 0 Å². The average molecular weight is 382 g/mol. The highest BCUT2D eigenvalue weighted by Gasteiger charge is 2.32. The second-order valence-electron chi connectivity index (χ2n) is 5.37. The van der Waals surface area contributed by atoms with Crippen molar-refractivity contribution in [1.29, 1.82) is 0 Å². The van der Waals surface area contributed by atoms with Crippen LogP contribution in [0.5, 0.6) is 0 Å². The molecule has 0 aromatic heterocycles. The predicted octanol–water partition coefficient (Wildman–Crippen LogP) is 4.07. The molecule has 0 unspecified atom stereocenters. The van der Waals surface area contributed by atoms with Crippen LogP contribution in [0.25, 0.3) is 0 Å². The number of benzene rings is 1. The number of halogens is 3. The molecule has 0 spiro atoms. The number of rotatable bonds is 3. The molecule has 0 aliphatic heterocycles. The quantitative estimate of drug-likeness (QED) is 0.739. The molecule has 0 saturated heterocycles. The van der Waals surface area contributed by atoms with Gasteiger partial charge in [0.25, 0.3) is 0 Å². The first-order valence-corrected chi connectivity index (χ1v) is 9.20. The Bertz CT molecular complexity index is 590. The Balaban J connectivity index is 2.37. The molecule has 1 aromatic rings. The summed E-state index contributed by atoms with van der Waals surface area (Å²) in [4.78, 5) is -0.490. The van der Waals surface area contributed by atoms with Gasteiger partial charge in [0.1, 0.15) is 16.5 Å². The lowest BCUT2D eigenvalue weighted by Crippen LogP contribution is -2.37. The maximum absolute atomic E-state index is 13.9. The summed E-state index contributed by atoms with van der Waals surface area (Å²) in [5, 5.41) is 0. The Morgan fingerprint density at radius 2 is 1.71 bits per heavy atom. The molecule has 0 heterocycles. The van der Waals surface area contributed by atoms with E-state index >= 15 is 0 Å².